The Morgan fingerprint density at radius 3 is 2.86 bits per heavy atom. The summed E-state index contributed by atoms with van der Waals surface area (Å²) < 4.78 is 5.51. The molecule has 0 unspecified atom stereocenters. The molecule has 0 amide bonds. The molecular formula is C22H22N4O2S. The van der Waals surface area contributed by atoms with E-state index >= 15 is 0 Å². The van der Waals surface area contributed by atoms with E-state index in [1.807, 2.05) is 6.07 Å². The number of hydrogen-bond donors (Lipinski definition) is 0. The van der Waals surface area contributed by atoms with Crippen molar-refractivity contribution in [3.63, 3.8) is 0 Å². The SMILES string of the molecule is Cc1sc2ncnc(N3CCC(C(=O)OCc4cccc(C#N)c4)CC3)c2c1C. The zero-order valence-electron chi connectivity index (χ0n) is 16.5. The molecule has 3 aromatic rings. The summed E-state index contributed by atoms with van der Waals surface area (Å²) in [6.07, 6.45) is 3.11. The third kappa shape index (κ3) is 3.94. The van der Waals surface area contributed by atoms with Gasteiger partial charge in [0, 0.05) is 18.0 Å². The van der Waals surface area contributed by atoms with E-state index < -0.39 is 0 Å². The summed E-state index contributed by atoms with van der Waals surface area (Å²) in [6.45, 7) is 5.97. The molecule has 0 N–H and O–H groups in total. The van der Waals surface area contributed by atoms with Gasteiger partial charge in [-0.05, 0) is 49.9 Å². The van der Waals surface area contributed by atoms with Crippen molar-refractivity contribution in [1.82, 2.24) is 9.97 Å². The average molecular weight is 407 g/mol. The number of aryl methyl sites for hydroxylation is 2. The van der Waals surface area contributed by atoms with Gasteiger partial charge in [-0.1, -0.05) is 12.1 Å². The number of thiophene rings is 1. The van der Waals surface area contributed by atoms with E-state index in [1.54, 1.807) is 35.9 Å². The number of aromatic nitrogens is 2. The molecule has 0 spiro atoms. The summed E-state index contributed by atoms with van der Waals surface area (Å²) in [6, 6.07) is 9.26. The molecule has 6 nitrogen and oxygen atoms in total. The van der Waals surface area contributed by atoms with E-state index in [0.717, 1.165) is 47.5 Å². The third-order valence-electron chi connectivity index (χ3n) is 5.51. The van der Waals surface area contributed by atoms with E-state index in [2.05, 4.69) is 34.8 Å². The van der Waals surface area contributed by atoms with E-state index in [4.69, 9.17) is 10.00 Å². The average Bonchev–Trinajstić information content (AvgIpc) is 3.06. The molecular weight excluding hydrogens is 384 g/mol. The maximum atomic E-state index is 12.5. The second-order valence-corrected chi connectivity index (χ2v) is 8.55. The topological polar surface area (TPSA) is 79.1 Å². The maximum Gasteiger partial charge on any atom is 0.309 e. The zero-order valence-corrected chi connectivity index (χ0v) is 17.3. The molecule has 7 heteroatoms. The number of ether oxygens (including phenoxy) is 1. The minimum atomic E-state index is -0.164. The smallest absolute Gasteiger partial charge is 0.309 e. The van der Waals surface area contributed by atoms with Crippen LogP contribution >= 0.6 is 11.3 Å². The fraction of sp³-hybridized carbons (Fsp3) is 0.364. The number of carbonyl (C=O) groups is 1. The van der Waals surface area contributed by atoms with Gasteiger partial charge in [-0.3, -0.25) is 4.79 Å². The highest BCUT2D eigenvalue weighted by atomic mass is 32.1. The van der Waals surface area contributed by atoms with Gasteiger partial charge in [0.05, 0.1) is 22.9 Å². The second kappa shape index (κ2) is 8.18. The van der Waals surface area contributed by atoms with Crippen molar-refractivity contribution in [2.24, 2.45) is 5.92 Å². The Hall–Kier alpha value is -2.98. The number of hydrogen-bond acceptors (Lipinski definition) is 7. The molecule has 0 aliphatic carbocycles. The summed E-state index contributed by atoms with van der Waals surface area (Å²) in [7, 11) is 0. The first-order valence-corrected chi connectivity index (χ1v) is 10.5. The van der Waals surface area contributed by atoms with Gasteiger partial charge in [0.25, 0.3) is 0 Å². The Morgan fingerprint density at radius 2 is 2.10 bits per heavy atom. The van der Waals surface area contributed by atoms with Gasteiger partial charge < -0.3 is 9.64 Å². The van der Waals surface area contributed by atoms with Crippen LogP contribution in [0.3, 0.4) is 0 Å². The maximum absolute atomic E-state index is 12.5. The fourth-order valence-corrected chi connectivity index (χ4v) is 4.73. The molecule has 3 heterocycles. The Kier molecular flexibility index (Phi) is 5.45. The lowest BCUT2D eigenvalue weighted by atomic mass is 9.96. The number of benzene rings is 1. The first-order chi connectivity index (χ1) is 14.1. The van der Waals surface area contributed by atoms with Gasteiger partial charge >= 0.3 is 5.97 Å². The van der Waals surface area contributed by atoms with Crippen LogP contribution in [-0.4, -0.2) is 29.0 Å². The summed E-state index contributed by atoms with van der Waals surface area (Å²) in [5.41, 5.74) is 2.64. The lowest BCUT2D eigenvalue weighted by Crippen LogP contribution is -2.37. The molecule has 1 fully saturated rings. The van der Waals surface area contributed by atoms with Crippen molar-refractivity contribution in [2.45, 2.75) is 33.3 Å². The van der Waals surface area contributed by atoms with Crippen LogP contribution in [0.5, 0.6) is 0 Å². The van der Waals surface area contributed by atoms with Crippen LogP contribution in [0.25, 0.3) is 10.2 Å². The number of fused-ring (bicyclic) bond motifs is 1. The summed E-state index contributed by atoms with van der Waals surface area (Å²) >= 11 is 1.70. The van der Waals surface area contributed by atoms with E-state index in [9.17, 15) is 4.79 Å². The molecule has 1 aliphatic heterocycles. The highest BCUT2D eigenvalue weighted by Crippen LogP contribution is 2.35. The van der Waals surface area contributed by atoms with Gasteiger partial charge in [0.15, 0.2) is 0 Å². The van der Waals surface area contributed by atoms with Crippen LogP contribution in [-0.2, 0) is 16.1 Å². The van der Waals surface area contributed by atoms with Crippen molar-refractivity contribution >= 4 is 33.3 Å². The Balaban J connectivity index is 1.38. The summed E-state index contributed by atoms with van der Waals surface area (Å²) in [5.74, 6) is 0.701. The molecule has 0 bridgehead atoms. The van der Waals surface area contributed by atoms with Crippen molar-refractivity contribution in [1.29, 1.82) is 5.26 Å². The minimum absolute atomic E-state index is 0.104. The number of nitriles is 1. The van der Waals surface area contributed by atoms with Gasteiger partial charge in [-0.2, -0.15) is 5.26 Å². The first kappa shape index (κ1) is 19.3. The molecule has 0 saturated carbocycles. The molecule has 29 heavy (non-hydrogen) atoms. The number of carbonyl (C=O) groups excluding carboxylic acids is 1. The van der Waals surface area contributed by atoms with Crippen molar-refractivity contribution < 1.29 is 9.53 Å². The number of piperidine rings is 1. The molecule has 0 atom stereocenters. The van der Waals surface area contributed by atoms with Crippen LogP contribution in [0, 0.1) is 31.1 Å². The number of rotatable bonds is 4. The van der Waals surface area contributed by atoms with Crippen LogP contribution in [0.2, 0.25) is 0 Å². The van der Waals surface area contributed by atoms with Crippen LogP contribution < -0.4 is 4.90 Å². The molecule has 1 aromatic carbocycles. The first-order valence-electron chi connectivity index (χ1n) is 9.68. The largest absolute Gasteiger partial charge is 0.461 e. The molecule has 0 radical (unpaired) electrons. The van der Waals surface area contributed by atoms with Gasteiger partial charge in [0.1, 0.15) is 23.6 Å². The second-order valence-electron chi connectivity index (χ2n) is 7.34. The van der Waals surface area contributed by atoms with Crippen LogP contribution in [0.4, 0.5) is 5.82 Å². The number of nitrogens with zero attached hydrogens (tertiary/aromatic N) is 4. The van der Waals surface area contributed by atoms with Crippen LogP contribution in [0.1, 0.15) is 34.4 Å². The molecule has 148 valence electrons. The highest BCUT2D eigenvalue weighted by Gasteiger charge is 2.28. The molecule has 4 rings (SSSR count). The predicted molar refractivity (Wildman–Crippen MR) is 113 cm³/mol. The van der Waals surface area contributed by atoms with Crippen LogP contribution in [0.15, 0.2) is 30.6 Å². The molecule has 1 aliphatic rings. The van der Waals surface area contributed by atoms with Gasteiger partial charge in [0.2, 0.25) is 0 Å². The standard InChI is InChI=1S/C22H22N4O2S/c1-14-15(2)29-21-19(14)20(24-13-25-21)26-8-6-18(7-9-26)22(27)28-12-17-5-3-4-16(10-17)11-23/h3-5,10,13,18H,6-9,12H2,1-2H3. The lowest BCUT2D eigenvalue weighted by Gasteiger charge is -2.32. The Morgan fingerprint density at radius 1 is 1.31 bits per heavy atom. The quantitative estimate of drug-likeness (QED) is 0.606. The third-order valence-corrected chi connectivity index (χ3v) is 6.63. The minimum Gasteiger partial charge on any atom is -0.461 e. The highest BCUT2D eigenvalue weighted by molar-refractivity contribution is 7.18. The van der Waals surface area contributed by atoms with Gasteiger partial charge in [-0.25, -0.2) is 9.97 Å². The summed E-state index contributed by atoms with van der Waals surface area (Å²) in [4.78, 5) is 26.0. The van der Waals surface area contributed by atoms with E-state index in [-0.39, 0.29) is 18.5 Å². The fourth-order valence-electron chi connectivity index (χ4n) is 3.73. The van der Waals surface area contributed by atoms with Crippen molar-refractivity contribution in [3.05, 3.63) is 52.2 Å². The Labute approximate surface area is 173 Å². The predicted octanol–water partition coefficient (Wildman–Crippen LogP) is 4.14. The molecule has 2 aromatic heterocycles. The zero-order chi connectivity index (χ0) is 20.4. The number of esters is 1. The van der Waals surface area contributed by atoms with Crippen molar-refractivity contribution in [3.8, 4) is 6.07 Å². The lowest BCUT2D eigenvalue weighted by molar-refractivity contribution is -0.150. The van der Waals surface area contributed by atoms with E-state index in [1.165, 1.54) is 10.4 Å². The summed E-state index contributed by atoms with van der Waals surface area (Å²) in [5, 5.41) is 10.1. The van der Waals surface area contributed by atoms with E-state index in [0.29, 0.717) is 5.56 Å². The monoisotopic (exact) mass is 406 g/mol. The number of anilines is 1. The van der Waals surface area contributed by atoms with Crippen molar-refractivity contribution in [2.75, 3.05) is 18.0 Å². The Bertz CT molecular complexity index is 1090. The normalized spacial score (nSPS) is 14.7. The molecule has 1 saturated heterocycles. The van der Waals surface area contributed by atoms with Gasteiger partial charge in [-0.15, -0.1) is 11.3 Å².